The van der Waals surface area contributed by atoms with Gasteiger partial charge in [-0.25, -0.2) is 0 Å². The summed E-state index contributed by atoms with van der Waals surface area (Å²) < 4.78 is 1.96. The van der Waals surface area contributed by atoms with Crippen LogP contribution in [0, 0.1) is 5.92 Å². The fourth-order valence-electron chi connectivity index (χ4n) is 3.75. The Morgan fingerprint density at radius 2 is 2.17 bits per heavy atom. The van der Waals surface area contributed by atoms with Gasteiger partial charge in [0.15, 0.2) is 5.11 Å². The van der Waals surface area contributed by atoms with E-state index in [1.807, 2.05) is 10.6 Å². The van der Waals surface area contributed by atoms with Crippen LogP contribution >= 0.6 is 23.6 Å². The van der Waals surface area contributed by atoms with E-state index < -0.39 is 0 Å². The highest BCUT2D eigenvalue weighted by Gasteiger charge is 2.35. The summed E-state index contributed by atoms with van der Waals surface area (Å²) in [5.74, 6) is 0.903. The maximum absolute atomic E-state index is 12.1. The van der Waals surface area contributed by atoms with Gasteiger partial charge in [0, 0.05) is 42.2 Å². The van der Waals surface area contributed by atoms with Gasteiger partial charge in [0.25, 0.3) is 5.56 Å². The number of hydrogen-bond acceptors (Lipinski definition) is 3. The lowest BCUT2D eigenvalue weighted by molar-refractivity contribution is 0.177. The van der Waals surface area contributed by atoms with E-state index >= 15 is 0 Å². The van der Waals surface area contributed by atoms with Crippen LogP contribution in [0.25, 0.3) is 0 Å². The molecular weight excluding hydrogens is 326 g/mol. The highest BCUT2D eigenvalue weighted by atomic mass is 32.1. The molecule has 23 heavy (non-hydrogen) atoms. The molecule has 1 saturated heterocycles. The van der Waals surface area contributed by atoms with Crippen LogP contribution in [0.1, 0.15) is 22.9 Å². The zero-order valence-electron chi connectivity index (χ0n) is 12.8. The lowest BCUT2D eigenvalue weighted by Crippen LogP contribution is -2.51. The molecule has 0 aromatic carbocycles. The van der Waals surface area contributed by atoms with Crippen LogP contribution in [0.4, 0.5) is 0 Å². The molecule has 0 amide bonds. The second-order valence-electron chi connectivity index (χ2n) is 6.34. The maximum Gasteiger partial charge on any atom is 0.250 e. The van der Waals surface area contributed by atoms with Crippen molar-refractivity contribution in [2.24, 2.45) is 5.92 Å². The summed E-state index contributed by atoms with van der Waals surface area (Å²) in [7, 11) is 0. The summed E-state index contributed by atoms with van der Waals surface area (Å²) in [6, 6.07) is 9.81. The summed E-state index contributed by atoms with van der Waals surface area (Å²) in [5, 5.41) is 6.30. The third-order valence-electron chi connectivity index (χ3n) is 4.76. The molecule has 1 fully saturated rings. The minimum atomic E-state index is 0.129. The Balaban J connectivity index is 1.47. The van der Waals surface area contributed by atoms with Crippen LogP contribution in [0.5, 0.6) is 0 Å². The number of fused-ring (bicyclic) bond motifs is 4. The number of pyridine rings is 1. The highest BCUT2D eigenvalue weighted by molar-refractivity contribution is 7.80. The maximum atomic E-state index is 12.1. The van der Waals surface area contributed by atoms with Crippen molar-refractivity contribution in [3.8, 4) is 0 Å². The van der Waals surface area contributed by atoms with Gasteiger partial charge in [0.2, 0.25) is 0 Å². The number of nitrogens with zero attached hydrogens (tertiary/aromatic N) is 2. The number of nitrogens with one attached hydrogen (secondary N) is 1. The van der Waals surface area contributed by atoms with Gasteiger partial charge in [-0.1, -0.05) is 12.1 Å². The molecule has 2 unspecified atom stereocenters. The molecule has 2 aromatic heterocycles. The molecule has 0 aliphatic carbocycles. The summed E-state index contributed by atoms with van der Waals surface area (Å²) in [5.41, 5.74) is 1.29. The third-order valence-corrected chi connectivity index (χ3v) is 6.04. The number of piperidine rings is 1. The predicted molar refractivity (Wildman–Crippen MR) is 96.9 cm³/mol. The fraction of sp³-hybridized carbons (Fsp3) is 0.412. The molecule has 0 spiro atoms. The number of thiocarbonyl (C=S) groups is 1. The van der Waals surface area contributed by atoms with Crippen LogP contribution in [0.3, 0.4) is 0 Å². The van der Waals surface area contributed by atoms with Gasteiger partial charge in [0.05, 0.1) is 6.54 Å². The molecule has 4 nitrogen and oxygen atoms in total. The fourth-order valence-corrected chi connectivity index (χ4v) is 4.62. The van der Waals surface area contributed by atoms with Gasteiger partial charge in [0.1, 0.15) is 0 Å². The first-order valence-corrected chi connectivity index (χ1v) is 9.24. The topological polar surface area (TPSA) is 37.3 Å². The van der Waals surface area contributed by atoms with Crippen molar-refractivity contribution < 1.29 is 0 Å². The van der Waals surface area contributed by atoms with Crippen molar-refractivity contribution in [1.29, 1.82) is 0 Å². The summed E-state index contributed by atoms with van der Waals surface area (Å²) in [6.45, 7) is 3.44. The molecule has 4 rings (SSSR count). The van der Waals surface area contributed by atoms with Crippen LogP contribution < -0.4 is 10.9 Å². The smallest absolute Gasteiger partial charge is 0.250 e. The number of rotatable bonds is 2. The first-order valence-electron chi connectivity index (χ1n) is 7.95. The SMILES string of the molecule is O=c1cccc2n1CC1CC2CN(C(=S)NCc2cccs2)C1. The van der Waals surface area contributed by atoms with Gasteiger partial charge in [-0.05, 0) is 42.1 Å². The minimum Gasteiger partial charge on any atom is -0.358 e. The Hall–Kier alpha value is -1.66. The lowest BCUT2D eigenvalue weighted by Gasteiger charge is -2.43. The first-order chi connectivity index (χ1) is 11.2. The van der Waals surface area contributed by atoms with Crippen molar-refractivity contribution in [3.63, 3.8) is 0 Å². The molecule has 120 valence electrons. The van der Waals surface area contributed by atoms with E-state index in [1.165, 1.54) is 10.6 Å². The Kier molecular flexibility index (Phi) is 3.95. The average molecular weight is 345 g/mol. The number of thiophene rings is 1. The molecule has 2 aliphatic rings. The standard InChI is InChI=1S/C17H19N3OS2/c21-16-5-1-4-15-13-7-12(10-20(15)16)9-19(11-13)17(22)18-8-14-3-2-6-23-14/h1-6,12-13H,7-11H2,(H,18,22). The first kappa shape index (κ1) is 14.9. The molecule has 0 saturated carbocycles. The largest absolute Gasteiger partial charge is 0.358 e. The van der Waals surface area contributed by atoms with Crippen molar-refractivity contribution in [3.05, 3.63) is 56.6 Å². The number of likely N-dealkylation sites (tertiary alicyclic amines) is 1. The minimum absolute atomic E-state index is 0.129. The van der Waals surface area contributed by atoms with E-state index in [9.17, 15) is 4.79 Å². The Morgan fingerprint density at radius 1 is 1.26 bits per heavy atom. The molecular formula is C17H19N3OS2. The number of aromatic nitrogens is 1. The second kappa shape index (κ2) is 6.09. The van der Waals surface area contributed by atoms with Gasteiger partial charge >= 0.3 is 0 Å². The van der Waals surface area contributed by atoms with Crippen molar-refractivity contribution in [1.82, 2.24) is 14.8 Å². The molecule has 2 aliphatic heterocycles. The Labute approximate surface area is 144 Å². The predicted octanol–water partition coefficient (Wildman–Crippen LogP) is 2.40. The van der Waals surface area contributed by atoms with Crippen molar-refractivity contribution >= 4 is 28.7 Å². The van der Waals surface area contributed by atoms with Gasteiger partial charge in [-0.3, -0.25) is 4.79 Å². The molecule has 1 N–H and O–H groups in total. The summed E-state index contributed by atoms with van der Waals surface area (Å²) in [6.07, 6.45) is 1.16. The van der Waals surface area contributed by atoms with Crippen molar-refractivity contribution in [2.75, 3.05) is 13.1 Å². The van der Waals surface area contributed by atoms with Crippen molar-refractivity contribution in [2.45, 2.75) is 25.4 Å². The summed E-state index contributed by atoms with van der Waals surface area (Å²) in [4.78, 5) is 15.6. The van der Waals surface area contributed by atoms with E-state index in [1.54, 1.807) is 17.4 Å². The van der Waals surface area contributed by atoms with E-state index in [2.05, 4.69) is 33.8 Å². The Bertz CT molecular complexity index is 768. The van der Waals surface area contributed by atoms with E-state index in [0.717, 1.165) is 37.7 Å². The Morgan fingerprint density at radius 3 is 3.00 bits per heavy atom. The van der Waals surface area contributed by atoms with Crippen LogP contribution in [-0.4, -0.2) is 27.7 Å². The zero-order chi connectivity index (χ0) is 15.8. The lowest BCUT2D eigenvalue weighted by atomic mass is 9.83. The molecule has 2 aromatic rings. The van der Waals surface area contributed by atoms with Gasteiger partial charge < -0.3 is 14.8 Å². The van der Waals surface area contributed by atoms with Crippen LogP contribution in [0.15, 0.2) is 40.5 Å². The third kappa shape index (κ3) is 2.93. The zero-order valence-corrected chi connectivity index (χ0v) is 14.4. The second-order valence-corrected chi connectivity index (χ2v) is 7.76. The van der Waals surface area contributed by atoms with E-state index in [-0.39, 0.29) is 5.56 Å². The molecule has 0 radical (unpaired) electrons. The summed E-state index contributed by atoms with van der Waals surface area (Å²) >= 11 is 7.34. The van der Waals surface area contributed by atoms with Crippen LogP contribution in [-0.2, 0) is 13.1 Å². The van der Waals surface area contributed by atoms with Gasteiger partial charge in [-0.15, -0.1) is 11.3 Å². The average Bonchev–Trinajstić information content (AvgIpc) is 3.07. The monoisotopic (exact) mass is 345 g/mol. The highest BCUT2D eigenvalue weighted by Crippen LogP contribution is 2.34. The molecule has 6 heteroatoms. The molecule has 2 atom stereocenters. The normalized spacial score (nSPS) is 22.5. The van der Waals surface area contributed by atoms with Crippen LogP contribution in [0.2, 0.25) is 0 Å². The van der Waals surface area contributed by atoms with Gasteiger partial charge in [-0.2, -0.15) is 0 Å². The van der Waals surface area contributed by atoms with E-state index in [4.69, 9.17) is 12.2 Å². The quantitative estimate of drug-likeness (QED) is 0.848. The molecule has 4 heterocycles. The van der Waals surface area contributed by atoms with E-state index in [0.29, 0.717) is 11.8 Å². The molecule has 2 bridgehead atoms. The number of hydrogen-bond donors (Lipinski definition) is 1.